The zero-order valence-corrected chi connectivity index (χ0v) is 24.5. The minimum absolute atomic E-state index is 0.0866. The Morgan fingerprint density at radius 3 is 2.50 bits per heavy atom. The fourth-order valence-electron chi connectivity index (χ4n) is 5.52. The third kappa shape index (κ3) is 5.80. The number of pyridine rings is 1. The van der Waals surface area contributed by atoms with Crippen molar-refractivity contribution in [1.29, 1.82) is 0 Å². The highest BCUT2D eigenvalue weighted by atomic mass is 32.2. The van der Waals surface area contributed by atoms with Gasteiger partial charge in [-0.2, -0.15) is 4.98 Å². The molecule has 3 heterocycles. The van der Waals surface area contributed by atoms with E-state index in [2.05, 4.69) is 25.6 Å². The van der Waals surface area contributed by atoms with Crippen molar-refractivity contribution < 1.29 is 27.4 Å². The Kier molecular flexibility index (Phi) is 7.58. The van der Waals surface area contributed by atoms with Crippen molar-refractivity contribution in [1.82, 2.24) is 19.9 Å². The molecule has 2 fully saturated rings. The number of hydrogen-bond acceptors (Lipinski definition) is 11. The minimum atomic E-state index is -3.40. The molecule has 2 saturated carbocycles. The van der Waals surface area contributed by atoms with Crippen LogP contribution in [0, 0.1) is 24.5 Å². The first-order valence-electron chi connectivity index (χ1n) is 13.6. The van der Waals surface area contributed by atoms with Gasteiger partial charge in [-0.05, 0) is 44.4 Å². The van der Waals surface area contributed by atoms with Crippen molar-refractivity contribution in [3.05, 3.63) is 59.0 Å². The topological polar surface area (TPSA) is 150 Å². The molecule has 0 spiro atoms. The summed E-state index contributed by atoms with van der Waals surface area (Å²) in [6.07, 6.45) is 2.66. The van der Waals surface area contributed by atoms with E-state index in [9.17, 15) is 27.4 Å². The van der Waals surface area contributed by atoms with Crippen molar-refractivity contribution in [3.8, 4) is 10.6 Å². The van der Waals surface area contributed by atoms with Crippen LogP contribution in [0.2, 0.25) is 0 Å². The van der Waals surface area contributed by atoms with Crippen LogP contribution in [0.3, 0.4) is 0 Å². The van der Waals surface area contributed by atoms with Gasteiger partial charge in [-0.3, -0.25) is 4.98 Å². The zero-order chi connectivity index (χ0) is 29.8. The fraction of sp³-hybridized carbons (Fsp3) is 0.429. The van der Waals surface area contributed by atoms with E-state index in [1.807, 2.05) is 6.07 Å². The van der Waals surface area contributed by atoms with Gasteiger partial charge in [0.25, 0.3) is 0 Å². The molecule has 2 aliphatic carbocycles. The molecule has 14 heteroatoms. The summed E-state index contributed by atoms with van der Waals surface area (Å²) in [6, 6.07) is 4.79. The maximum absolute atomic E-state index is 14.3. The summed E-state index contributed by atoms with van der Waals surface area (Å²) in [5.74, 6) is -1.60. The van der Waals surface area contributed by atoms with E-state index in [4.69, 9.17) is 4.98 Å². The number of benzene rings is 1. The summed E-state index contributed by atoms with van der Waals surface area (Å²) in [5, 5.41) is 28.2. The number of nitrogens with one attached hydrogen (secondary N) is 2. The maximum Gasteiger partial charge on any atom is 0.225 e. The predicted molar refractivity (Wildman–Crippen MR) is 156 cm³/mol. The zero-order valence-electron chi connectivity index (χ0n) is 22.9. The molecule has 222 valence electrons. The standard InChI is InChI=1S/C28H30F2N6O4S2/c1-13-21(27-35-23-20(41-27)8-9-31-22(23)14-6-7-14)26(34-19-10-15(12-42(2,39)40)24(37)25(19)38)36-28(33-13)32-11-16-17(29)4-3-5-18(16)30/h3-5,8-9,14-15,19,24-25,37-38H,6-7,10-12H2,1-2H3,(H2,32,33,34,36)/t15-,19-,24-,25+/m1/s1. The number of aliphatic hydroxyl groups is 2. The van der Waals surface area contributed by atoms with Crippen LogP contribution in [0.1, 0.15) is 42.1 Å². The number of sulfone groups is 1. The summed E-state index contributed by atoms with van der Waals surface area (Å²) in [5.41, 5.74) is 2.68. The SMILES string of the molecule is Cc1nc(NCc2c(F)cccc2F)nc(N[C@@H]2C[C@H](CS(C)(=O)=O)[C@@H](O)[C@H]2O)c1-c1nc2c(C3CC3)nccc2s1. The van der Waals surface area contributed by atoms with Gasteiger partial charge in [0, 0.05) is 36.4 Å². The van der Waals surface area contributed by atoms with Crippen LogP contribution < -0.4 is 10.6 Å². The highest BCUT2D eigenvalue weighted by Gasteiger charge is 2.43. The van der Waals surface area contributed by atoms with E-state index in [-0.39, 0.29) is 36.0 Å². The van der Waals surface area contributed by atoms with Crippen LogP contribution in [0.4, 0.5) is 20.5 Å². The van der Waals surface area contributed by atoms with E-state index < -0.39 is 45.6 Å². The lowest BCUT2D eigenvalue weighted by atomic mass is 10.1. The lowest BCUT2D eigenvalue weighted by Crippen LogP contribution is -2.36. The van der Waals surface area contributed by atoms with Gasteiger partial charge >= 0.3 is 0 Å². The Labute approximate surface area is 245 Å². The Morgan fingerprint density at radius 2 is 1.81 bits per heavy atom. The average Bonchev–Trinajstić information content (AvgIpc) is 3.62. The molecule has 0 aliphatic heterocycles. The molecule has 2 aliphatic rings. The molecule has 6 rings (SSSR count). The largest absolute Gasteiger partial charge is 0.390 e. The number of aromatic nitrogens is 4. The predicted octanol–water partition coefficient (Wildman–Crippen LogP) is 3.79. The minimum Gasteiger partial charge on any atom is -0.390 e. The quantitative estimate of drug-likeness (QED) is 0.219. The number of fused-ring (bicyclic) bond motifs is 1. The summed E-state index contributed by atoms with van der Waals surface area (Å²) in [6.45, 7) is 1.55. The first-order valence-corrected chi connectivity index (χ1v) is 16.5. The summed E-state index contributed by atoms with van der Waals surface area (Å²) >= 11 is 1.44. The highest BCUT2D eigenvalue weighted by molar-refractivity contribution is 7.90. The maximum atomic E-state index is 14.3. The van der Waals surface area contributed by atoms with Crippen LogP contribution >= 0.6 is 11.3 Å². The summed E-state index contributed by atoms with van der Waals surface area (Å²) in [4.78, 5) is 18.6. The van der Waals surface area contributed by atoms with Crippen molar-refractivity contribution >= 4 is 43.2 Å². The van der Waals surface area contributed by atoms with E-state index in [0.29, 0.717) is 22.2 Å². The second-order valence-electron chi connectivity index (χ2n) is 11.1. The second-order valence-corrected chi connectivity index (χ2v) is 14.3. The number of nitrogens with zero attached hydrogens (tertiary/aromatic N) is 4. The van der Waals surface area contributed by atoms with E-state index in [0.717, 1.165) is 35.0 Å². The fourth-order valence-corrected chi connectivity index (χ4v) is 7.69. The third-order valence-corrected chi connectivity index (χ3v) is 9.80. The molecular weight excluding hydrogens is 586 g/mol. The molecular formula is C28H30F2N6O4S2. The molecule has 42 heavy (non-hydrogen) atoms. The van der Waals surface area contributed by atoms with E-state index >= 15 is 0 Å². The molecule has 4 aromatic rings. The third-order valence-electron chi connectivity index (χ3n) is 7.73. The van der Waals surface area contributed by atoms with Crippen LogP contribution in [0.25, 0.3) is 20.8 Å². The number of aryl methyl sites for hydroxylation is 1. The van der Waals surface area contributed by atoms with Crippen molar-refractivity contribution in [2.75, 3.05) is 22.6 Å². The number of aliphatic hydroxyl groups excluding tert-OH is 2. The number of halogens is 2. The number of anilines is 2. The molecule has 0 saturated heterocycles. The van der Waals surface area contributed by atoms with Crippen LogP contribution in [0.15, 0.2) is 30.5 Å². The van der Waals surface area contributed by atoms with E-state index in [1.54, 1.807) is 13.1 Å². The van der Waals surface area contributed by atoms with Gasteiger partial charge < -0.3 is 20.8 Å². The Bertz CT molecular complexity index is 1740. The Balaban J connectivity index is 1.38. The van der Waals surface area contributed by atoms with Gasteiger partial charge in [0.2, 0.25) is 5.95 Å². The Morgan fingerprint density at radius 1 is 1.07 bits per heavy atom. The van der Waals surface area contributed by atoms with Gasteiger partial charge in [0.05, 0.1) is 39.5 Å². The van der Waals surface area contributed by atoms with Gasteiger partial charge in [-0.1, -0.05) is 6.07 Å². The van der Waals surface area contributed by atoms with Gasteiger partial charge in [0.15, 0.2) is 0 Å². The first kappa shape index (κ1) is 28.8. The van der Waals surface area contributed by atoms with Crippen LogP contribution in [-0.4, -0.2) is 68.8 Å². The molecule has 4 N–H and O–H groups in total. The van der Waals surface area contributed by atoms with Gasteiger partial charge in [-0.15, -0.1) is 11.3 Å². The van der Waals surface area contributed by atoms with Crippen LogP contribution in [0.5, 0.6) is 0 Å². The van der Waals surface area contributed by atoms with Gasteiger partial charge in [0.1, 0.15) is 43.9 Å². The number of thiazole rings is 1. The van der Waals surface area contributed by atoms with Crippen molar-refractivity contribution in [3.63, 3.8) is 0 Å². The van der Waals surface area contributed by atoms with Gasteiger partial charge in [-0.25, -0.2) is 27.2 Å². The molecule has 1 aromatic carbocycles. The van der Waals surface area contributed by atoms with Crippen molar-refractivity contribution in [2.24, 2.45) is 5.92 Å². The lowest BCUT2D eigenvalue weighted by molar-refractivity contribution is 0.0216. The molecule has 0 unspecified atom stereocenters. The lowest BCUT2D eigenvalue weighted by Gasteiger charge is -2.21. The first-order chi connectivity index (χ1) is 20.0. The normalized spacial score (nSPS) is 22.5. The second kappa shape index (κ2) is 11.1. The summed E-state index contributed by atoms with van der Waals surface area (Å²) in [7, 11) is -3.40. The molecule has 0 bridgehead atoms. The molecule has 10 nitrogen and oxygen atoms in total. The van der Waals surface area contributed by atoms with Crippen molar-refractivity contribution in [2.45, 2.75) is 56.9 Å². The Hall–Kier alpha value is -3.33. The summed E-state index contributed by atoms with van der Waals surface area (Å²) < 4.78 is 53.3. The number of rotatable bonds is 9. The smallest absolute Gasteiger partial charge is 0.225 e. The molecule has 3 aromatic heterocycles. The monoisotopic (exact) mass is 616 g/mol. The average molecular weight is 617 g/mol. The molecule has 0 radical (unpaired) electrons. The highest BCUT2D eigenvalue weighted by Crippen LogP contribution is 2.44. The number of hydrogen-bond donors (Lipinski definition) is 4. The molecule has 4 atom stereocenters. The van der Waals surface area contributed by atoms with E-state index in [1.165, 1.54) is 29.5 Å². The van der Waals surface area contributed by atoms with Crippen LogP contribution in [-0.2, 0) is 16.4 Å². The molecule has 0 amide bonds.